The molecule has 0 heterocycles. The molecule has 2 aromatic carbocycles. The van der Waals surface area contributed by atoms with Crippen LogP contribution in [0.15, 0.2) is 48.5 Å². The monoisotopic (exact) mass is 341 g/mol. The number of aromatic hydroxyl groups is 2. The molecule has 4 heteroatoms. The number of carbonyl (C=O) groups is 1. The van der Waals surface area contributed by atoms with Crippen LogP contribution in [0.4, 0.5) is 0 Å². The highest BCUT2D eigenvalue weighted by molar-refractivity contribution is 5.76. The summed E-state index contributed by atoms with van der Waals surface area (Å²) in [6, 6.07) is 14.2. The van der Waals surface area contributed by atoms with Crippen LogP contribution in [0.3, 0.4) is 0 Å². The zero-order valence-corrected chi connectivity index (χ0v) is 15.2. The maximum atomic E-state index is 12.5. The number of benzene rings is 2. The van der Waals surface area contributed by atoms with Gasteiger partial charge >= 0.3 is 0 Å². The third-order valence-corrected chi connectivity index (χ3v) is 4.96. The van der Waals surface area contributed by atoms with Crippen LogP contribution in [0.1, 0.15) is 44.7 Å². The first-order chi connectivity index (χ1) is 11.9. The Morgan fingerprint density at radius 3 is 1.64 bits per heavy atom. The van der Waals surface area contributed by atoms with E-state index >= 15 is 0 Å². The lowest BCUT2D eigenvalue weighted by Gasteiger charge is -2.32. The lowest BCUT2D eigenvalue weighted by atomic mass is 9.73. The number of rotatable bonds is 7. The van der Waals surface area contributed by atoms with Gasteiger partial charge in [0, 0.05) is 24.9 Å². The van der Waals surface area contributed by atoms with Gasteiger partial charge < -0.3 is 15.1 Å². The van der Waals surface area contributed by atoms with Crippen LogP contribution in [0, 0.1) is 0 Å². The molecule has 2 N–H and O–H groups in total. The average Bonchev–Trinajstić information content (AvgIpc) is 2.62. The zero-order chi connectivity index (χ0) is 18.4. The quantitative estimate of drug-likeness (QED) is 0.798. The second-order valence-electron chi connectivity index (χ2n) is 6.49. The summed E-state index contributed by atoms with van der Waals surface area (Å²) in [6.07, 6.45) is 1.10. The van der Waals surface area contributed by atoms with E-state index < -0.39 is 0 Å². The summed E-state index contributed by atoms with van der Waals surface area (Å²) in [5.41, 5.74) is 1.68. The number of phenols is 2. The SMILES string of the molecule is CCN(CC)C(=O)CCC(C)(c1ccc(O)cc1)c1ccc(O)cc1. The van der Waals surface area contributed by atoms with Gasteiger partial charge in [0.25, 0.3) is 0 Å². The largest absolute Gasteiger partial charge is 0.508 e. The molecule has 0 atom stereocenters. The fourth-order valence-corrected chi connectivity index (χ4v) is 3.21. The molecule has 134 valence electrons. The van der Waals surface area contributed by atoms with Gasteiger partial charge in [-0.1, -0.05) is 31.2 Å². The number of hydrogen-bond donors (Lipinski definition) is 2. The number of phenolic OH excluding ortho intramolecular Hbond substituents is 2. The van der Waals surface area contributed by atoms with Crippen molar-refractivity contribution in [3.8, 4) is 11.5 Å². The van der Waals surface area contributed by atoms with Crippen molar-refractivity contribution >= 4 is 5.91 Å². The first-order valence-corrected chi connectivity index (χ1v) is 8.77. The second kappa shape index (κ2) is 8.06. The van der Waals surface area contributed by atoms with Gasteiger partial charge in [0.15, 0.2) is 0 Å². The minimum absolute atomic E-state index is 0.147. The van der Waals surface area contributed by atoms with Crippen molar-refractivity contribution in [3.63, 3.8) is 0 Å². The molecule has 0 fully saturated rings. The molecule has 0 unspecified atom stereocenters. The molecule has 0 aliphatic rings. The van der Waals surface area contributed by atoms with Gasteiger partial charge in [0.1, 0.15) is 11.5 Å². The maximum Gasteiger partial charge on any atom is 0.222 e. The molecule has 2 rings (SSSR count). The molecule has 2 aromatic rings. The lowest BCUT2D eigenvalue weighted by Crippen LogP contribution is -2.33. The molecule has 0 aliphatic carbocycles. The predicted molar refractivity (Wildman–Crippen MR) is 99.8 cm³/mol. The molecule has 4 nitrogen and oxygen atoms in total. The predicted octanol–water partition coefficient (Wildman–Crippen LogP) is 4.05. The Bertz CT molecular complexity index is 643. The maximum absolute atomic E-state index is 12.5. The molecule has 0 saturated carbocycles. The molecule has 1 amide bonds. The number of amides is 1. The van der Waals surface area contributed by atoms with E-state index in [1.165, 1.54) is 0 Å². The fraction of sp³-hybridized carbons (Fsp3) is 0.381. The Balaban J connectivity index is 2.33. The van der Waals surface area contributed by atoms with Gasteiger partial charge in [0.05, 0.1) is 0 Å². The summed E-state index contributed by atoms with van der Waals surface area (Å²) in [5.74, 6) is 0.584. The Morgan fingerprint density at radius 2 is 1.28 bits per heavy atom. The first kappa shape index (κ1) is 18.8. The van der Waals surface area contributed by atoms with E-state index in [1.54, 1.807) is 24.3 Å². The number of nitrogens with zero attached hydrogens (tertiary/aromatic N) is 1. The van der Waals surface area contributed by atoms with E-state index in [4.69, 9.17) is 0 Å². The molecule has 0 spiro atoms. The summed E-state index contributed by atoms with van der Waals surface area (Å²) < 4.78 is 0. The summed E-state index contributed by atoms with van der Waals surface area (Å²) in [7, 11) is 0. The van der Waals surface area contributed by atoms with Gasteiger partial charge in [-0.15, -0.1) is 0 Å². The third kappa shape index (κ3) is 4.32. The Labute approximate surface area is 149 Å². The molecule has 0 bridgehead atoms. The van der Waals surface area contributed by atoms with Crippen molar-refractivity contribution in [2.45, 2.75) is 39.0 Å². The van der Waals surface area contributed by atoms with E-state index in [-0.39, 0.29) is 22.8 Å². The fourth-order valence-electron chi connectivity index (χ4n) is 3.21. The number of carbonyl (C=O) groups excluding carboxylic acids is 1. The van der Waals surface area contributed by atoms with Crippen LogP contribution in [0.2, 0.25) is 0 Å². The molecule has 25 heavy (non-hydrogen) atoms. The van der Waals surface area contributed by atoms with E-state index in [0.717, 1.165) is 11.1 Å². The Kier molecular flexibility index (Phi) is 6.07. The van der Waals surface area contributed by atoms with Crippen molar-refractivity contribution in [1.29, 1.82) is 0 Å². The van der Waals surface area contributed by atoms with Gasteiger partial charge in [-0.3, -0.25) is 4.79 Å². The molecular weight excluding hydrogens is 314 g/mol. The van der Waals surface area contributed by atoms with Crippen molar-refractivity contribution in [2.24, 2.45) is 0 Å². The van der Waals surface area contributed by atoms with Crippen molar-refractivity contribution in [3.05, 3.63) is 59.7 Å². The van der Waals surface area contributed by atoms with Gasteiger partial charge in [-0.25, -0.2) is 0 Å². The smallest absolute Gasteiger partial charge is 0.222 e. The van der Waals surface area contributed by atoms with Crippen molar-refractivity contribution in [1.82, 2.24) is 4.90 Å². The van der Waals surface area contributed by atoms with Crippen LogP contribution in [-0.2, 0) is 10.2 Å². The molecule has 0 saturated heterocycles. The highest BCUT2D eigenvalue weighted by atomic mass is 16.3. The lowest BCUT2D eigenvalue weighted by molar-refractivity contribution is -0.131. The number of hydrogen-bond acceptors (Lipinski definition) is 3. The van der Waals surface area contributed by atoms with Crippen molar-refractivity contribution in [2.75, 3.05) is 13.1 Å². The molecule has 0 radical (unpaired) electrons. The highest BCUT2D eigenvalue weighted by Crippen LogP contribution is 2.37. The Hall–Kier alpha value is -2.49. The van der Waals surface area contributed by atoms with Crippen LogP contribution in [0.25, 0.3) is 0 Å². The zero-order valence-electron chi connectivity index (χ0n) is 15.2. The van der Waals surface area contributed by atoms with E-state index in [2.05, 4.69) is 6.92 Å². The van der Waals surface area contributed by atoms with Crippen LogP contribution < -0.4 is 0 Å². The van der Waals surface area contributed by atoms with E-state index in [0.29, 0.717) is 25.9 Å². The minimum Gasteiger partial charge on any atom is -0.508 e. The second-order valence-corrected chi connectivity index (χ2v) is 6.49. The summed E-state index contributed by atoms with van der Waals surface area (Å²) in [5, 5.41) is 19.2. The molecule has 0 aromatic heterocycles. The van der Waals surface area contributed by atoms with Crippen molar-refractivity contribution < 1.29 is 15.0 Å². The highest BCUT2D eigenvalue weighted by Gasteiger charge is 2.30. The van der Waals surface area contributed by atoms with Crippen LogP contribution in [-0.4, -0.2) is 34.1 Å². The normalized spacial score (nSPS) is 11.3. The van der Waals surface area contributed by atoms with E-state index in [1.807, 2.05) is 43.0 Å². The third-order valence-electron chi connectivity index (χ3n) is 4.96. The summed E-state index contributed by atoms with van der Waals surface area (Å²) in [4.78, 5) is 14.3. The summed E-state index contributed by atoms with van der Waals surface area (Å²) in [6.45, 7) is 7.50. The van der Waals surface area contributed by atoms with Gasteiger partial charge in [0.2, 0.25) is 5.91 Å². The molecular formula is C21H27NO3. The topological polar surface area (TPSA) is 60.8 Å². The van der Waals surface area contributed by atoms with E-state index in [9.17, 15) is 15.0 Å². The van der Waals surface area contributed by atoms with Crippen LogP contribution >= 0.6 is 0 Å². The summed E-state index contributed by atoms with van der Waals surface area (Å²) >= 11 is 0. The molecule has 0 aliphatic heterocycles. The van der Waals surface area contributed by atoms with Gasteiger partial charge in [-0.2, -0.15) is 0 Å². The Morgan fingerprint density at radius 1 is 0.880 bits per heavy atom. The standard InChI is InChI=1S/C21H27NO3/c1-4-22(5-2)20(25)14-15-21(3,16-6-10-18(23)11-7-16)17-8-12-19(24)13-9-17/h6-13,23-24H,4-5,14-15H2,1-3H3. The van der Waals surface area contributed by atoms with Crippen LogP contribution in [0.5, 0.6) is 11.5 Å². The average molecular weight is 341 g/mol. The minimum atomic E-state index is -0.385. The van der Waals surface area contributed by atoms with Gasteiger partial charge in [-0.05, 0) is 55.7 Å². The first-order valence-electron chi connectivity index (χ1n) is 8.77.